The van der Waals surface area contributed by atoms with E-state index in [4.69, 9.17) is 14.2 Å². The number of ether oxygens (including phenoxy) is 3. The molecule has 5 nitrogen and oxygen atoms in total. The summed E-state index contributed by atoms with van der Waals surface area (Å²) in [6.45, 7) is 5.99. The normalized spacial score (nSPS) is 41.0. The van der Waals surface area contributed by atoms with E-state index in [2.05, 4.69) is 19.1 Å². The van der Waals surface area contributed by atoms with Gasteiger partial charge in [0.05, 0.1) is 12.7 Å². The van der Waals surface area contributed by atoms with Crippen LogP contribution in [0.3, 0.4) is 0 Å². The highest BCUT2D eigenvalue weighted by atomic mass is 16.6. The van der Waals surface area contributed by atoms with E-state index in [1.54, 1.807) is 6.92 Å². The molecule has 4 aliphatic rings. The van der Waals surface area contributed by atoms with Gasteiger partial charge in [-0.2, -0.15) is 0 Å². The summed E-state index contributed by atoms with van der Waals surface area (Å²) in [6, 6.07) is 10.3. The van der Waals surface area contributed by atoms with Crippen molar-refractivity contribution in [2.45, 2.75) is 97.1 Å². The maximum absolute atomic E-state index is 12.0. The molecule has 5 rings (SSSR count). The van der Waals surface area contributed by atoms with Gasteiger partial charge in [-0.3, -0.25) is 9.59 Å². The predicted octanol–water partition coefficient (Wildman–Crippen LogP) is 5.70. The Morgan fingerprint density at radius 3 is 2.35 bits per heavy atom. The second kappa shape index (κ2) is 9.64. The van der Waals surface area contributed by atoms with Crippen molar-refractivity contribution in [2.24, 2.45) is 35.0 Å². The minimum absolute atomic E-state index is 0.0319. The Hall–Kier alpha value is -1.88. The van der Waals surface area contributed by atoms with Gasteiger partial charge in [0.25, 0.3) is 0 Å². The van der Waals surface area contributed by atoms with Gasteiger partial charge in [0.2, 0.25) is 0 Å². The third-order valence-electron chi connectivity index (χ3n) is 9.82. The Balaban J connectivity index is 1.29. The lowest BCUT2D eigenvalue weighted by atomic mass is 9.50. The Morgan fingerprint density at radius 2 is 1.62 bits per heavy atom. The van der Waals surface area contributed by atoms with Crippen LogP contribution in [-0.2, 0) is 30.4 Å². The lowest BCUT2D eigenvalue weighted by Crippen LogP contribution is -2.53. The molecular formula is C29H40O5. The molecule has 5 heteroatoms. The predicted molar refractivity (Wildman–Crippen MR) is 129 cm³/mol. The lowest BCUT2D eigenvalue weighted by molar-refractivity contribution is -0.176. The number of hydrogen-bond acceptors (Lipinski definition) is 5. The number of carbonyl (C=O) groups excluding carboxylic acids is 2. The molecule has 1 aromatic rings. The number of esters is 2. The zero-order chi connectivity index (χ0) is 23.9. The van der Waals surface area contributed by atoms with Crippen molar-refractivity contribution in [3.63, 3.8) is 0 Å². The quantitative estimate of drug-likeness (QED) is 0.519. The zero-order valence-corrected chi connectivity index (χ0v) is 20.9. The lowest BCUT2D eigenvalue weighted by Gasteiger charge is -2.56. The highest BCUT2D eigenvalue weighted by molar-refractivity contribution is 5.66. The molecule has 1 aromatic carbocycles. The summed E-state index contributed by atoms with van der Waals surface area (Å²) in [5.74, 6) is 2.90. The van der Waals surface area contributed by atoms with Crippen LogP contribution in [0, 0.1) is 35.0 Å². The third kappa shape index (κ3) is 4.53. The molecule has 0 amide bonds. The van der Waals surface area contributed by atoms with Crippen LogP contribution in [0.4, 0.5) is 0 Å². The summed E-state index contributed by atoms with van der Waals surface area (Å²) in [4.78, 5) is 23.7. The Bertz CT molecular complexity index is 884. The Kier molecular flexibility index (Phi) is 6.76. The van der Waals surface area contributed by atoms with Gasteiger partial charge in [-0.25, -0.2) is 0 Å². The van der Waals surface area contributed by atoms with Crippen LogP contribution in [0.5, 0.6) is 0 Å². The average molecular weight is 469 g/mol. The fourth-order valence-electron chi connectivity index (χ4n) is 8.40. The van der Waals surface area contributed by atoms with Gasteiger partial charge in [0, 0.05) is 19.3 Å². The molecule has 9 atom stereocenters. The molecule has 0 radical (unpaired) electrons. The first-order chi connectivity index (χ1) is 16.3. The van der Waals surface area contributed by atoms with Crippen LogP contribution < -0.4 is 0 Å². The number of rotatable bonds is 5. The van der Waals surface area contributed by atoms with E-state index in [1.807, 2.05) is 18.2 Å². The second-order valence-corrected chi connectivity index (χ2v) is 11.6. The first-order valence-corrected chi connectivity index (χ1v) is 13.3. The van der Waals surface area contributed by atoms with Gasteiger partial charge in [-0.1, -0.05) is 37.3 Å². The molecule has 0 spiro atoms. The SMILES string of the molecule is CC(=O)OC1CC2C(CCC3C2CC[C@@]2(C)C3CC[C@@H]2OC(C)=O)CC1OCc1ccccc1. The summed E-state index contributed by atoms with van der Waals surface area (Å²) < 4.78 is 18.0. The first-order valence-electron chi connectivity index (χ1n) is 13.3. The molecule has 4 saturated carbocycles. The molecule has 0 heterocycles. The topological polar surface area (TPSA) is 61.8 Å². The van der Waals surface area contributed by atoms with Crippen molar-refractivity contribution in [1.82, 2.24) is 0 Å². The summed E-state index contributed by atoms with van der Waals surface area (Å²) in [5.41, 5.74) is 1.27. The van der Waals surface area contributed by atoms with E-state index in [0.29, 0.717) is 36.2 Å². The molecular weight excluding hydrogens is 428 g/mol. The smallest absolute Gasteiger partial charge is 0.302 e. The van der Waals surface area contributed by atoms with Crippen molar-refractivity contribution in [1.29, 1.82) is 0 Å². The van der Waals surface area contributed by atoms with Crippen LogP contribution in [0.15, 0.2) is 30.3 Å². The number of benzene rings is 1. The summed E-state index contributed by atoms with van der Waals surface area (Å²) >= 11 is 0. The zero-order valence-electron chi connectivity index (χ0n) is 20.9. The van der Waals surface area contributed by atoms with Crippen LogP contribution in [0.2, 0.25) is 0 Å². The van der Waals surface area contributed by atoms with Crippen molar-refractivity contribution in [3.8, 4) is 0 Å². The second-order valence-electron chi connectivity index (χ2n) is 11.6. The van der Waals surface area contributed by atoms with Crippen LogP contribution >= 0.6 is 0 Å². The van der Waals surface area contributed by atoms with Crippen molar-refractivity contribution in [3.05, 3.63) is 35.9 Å². The standard InChI is InChI=1S/C29H40O5/c1-18(30)33-27-16-24-21(15-26(27)32-17-20-7-5-4-6-8-20)9-10-23-22(24)13-14-29(3)25(23)11-12-28(29)34-19(2)31/h4-8,21-28H,9-17H2,1-3H3/t21?,22?,23?,24?,25?,26?,27?,28-,29-/m0/s1. The average Bonchev–Trinajstić information content (AvgIpc) is 3.13. The maximum atomic E-state index is 12.0. The van der Waals surface area contributed by atoms with Crippen LogP contribution in [-0.4, -0.2) is 30.3 Å². The number of fused-ring (bicyclic) bond motifs is 5. The molecule has 0 aromatic heterocycles. The highest BCUT2D eigenvalue weighted by Gasteiger charge is 2.59. The molecule has 0 bridgehead atoms. The van der Waals surface area contributed by atoms with Crippen LogP contribution in [0.25, 0.3) is 0 Å². The van der Waals surface area contributed by atoms with Gasteiger partial charge in [-0.15, -0.1) is 0 Å². The van der Waals surface area contributed by atoms with Gasteiger partial charge in [-0.05, 0) is 86.5 Å². The summed E-state index contributed by atoms with van der Waals surface area (Å²) in [7, 11) is 0. The molecule has 0 N–H and O–H groups in total. The van der Waals surface area contributed by atoms with Crippen molar-refractivity contribution >= 4 is 11.9 Å². The Labute approximate surface area is 203 Å². The number of hydrogen-bond donors (Lipinski definition) is 0. The Morgan fingerprint density at radius 1 is 0.853 bits per heavy atom. The number of carbonyl (C=O) groups is 2. The minimum atomic E-state index is -0.208. The molecule has 186 valence electrons. The first kappa shape index (κ1) is 23.8. The van der Waals surface area contributed by atoms with E-state index in [9.17, 15) is 9.59 Å². The monoisotopic (exact) mass is 468 g/mol. The molecule has 4 fully saturated rings. The summed E-state index contributed by atoms with van der Waals surface area (Å²) in [5, 5.41) is 0. The van der Waals surface area contributed by atoms with Crippen molar-refractivity contribution in [2.75, 3.05) is 0 Å². The molecule has 0 aliphatic heterocycles. The van der Waals surface area contributed by atoms with Gasteiger partial charge in [0.15, 0.2) is 0 Å². The van der Waals surface area contributed by atoms with Gasteiger partial charge < -0.3 is 14.2 Å². The molecule has 7 unspecified atom stereocenters. The van der Waals surface area contributed by atoms with E-state index in [-0.39, 0.29) is 35.7 Å². The van der Waals surface area contributed by atoms with Crippen molar-refractivity contribution < 1.29 is 23.8 Å². The fraction of sp³-hybridized carbons (Fsp3) is 0.724. The highest BCUT2D eigenvalue weighted by Crippen LogP contribution is 2.63. The van der Waals surface area contributed by atoms with E-state index in [0.717, 1.165) is 31.2 Å². The fourth-order valence-corrected chi connectivity index (χ4v) is 8.40. The molecule has 0 saturated heterocycles. The van der Waals surface area contributed by atoms with E-state index >= 15 is 0 Å². The van der Waals surface area contributed by atoms with E-state index < -0.39 is 0 Å². The molecule has 4 aliphatic carbocycles. The van der Waals surface area contributed by atoms with Gasteiger partial charge in [0.1, 0.15) is 12.2 Å². The third-order valence-corrected chi connectivity index (χ3v) is 9.82. The maximum Gasteiger partial charge on any atom is 0.302 e. The van der Waals surface area contributed by atoms with Gasteiger partial charge >= 0.3 is 11.9 Å². The van der Waals surface area contributed by atoms with E-state index in [1.165, 1.54) is 32.6 Å². The summed E-state index contributed by atoms with van der Waals surface area (Å²) in [6.07, 6.45) is 8.78. The largest absolute Gasteiger partial charge is 0.462 e. The minimum Gasteiger partial charge on any atom is -0.462 e. The van der Waals surface area contributed by atoms with Crippen LogP contribution in [0.1, 0.15) is 77.7 Å². The molecule has 34 heavy (non-hydrogen) atoms.